The van der Waals surface area contributed by atoms with E-state index in [-0.39, 0.29) is 0 Å². The van der Waals surface area contributed by atoms with Gasteiger partial charge in [-0.15, -0.1) is 0 Å². The van der Waals surface area contributed by atoms with Crippen molar-refractivity contribution in [2.75, 3.05) is 13.3 Å². The van der Waals surface area contributed by atoms with E-state index in [2.05, 4.69) is 5.32 Å². The van der Waals surface area contributed by atoms with Crippen LogP contribution in [0.5, 0.6) is 0 Å². The Morgan fingerprint density at radius 3 is 3.22 bits per heavy atom. The van der Waals surface area contributed by atoms with Crippen LogP contribution < -0.4 is 5.32 Å². The average molecular weight is 129 g/mol. The minimum absolute atomic E-state index is 0.412. The summed E-state index contributed by atoms with van der Waals surface area (Å²) in [6.07, 6.45) is 2.49. The third kappa shape index (κ3) is 2.11. The molecule has 0 saturated carbocycles. The molecule has 1 fully saturated rings. The highest BCUT2D eigenvalue weighted by Crippen LogP contribution is 2.00. The van der Waals surface area contributed by atoms with E-state index in [0.29, 0.717) is 19.2 Å². The lowest BCUT2D eigenvalue weighted by Crippen LogP contribution is -2.23. The van der Waals surface area contributed by atoms with Crippen LogP contribution in [0.3, 0.4) is 0 Å². The number of rotatable bonds is 3. The summed E-state index contributed by atoms with van der Waals surface area (Å²) in [5.74, 6) is 0. The number of carbonyl (C=O) groups is 1. The molecular weight excluding hydrogens is 118 g/mol. The molecule has 0 amide bonds. The lowest BCUT2D eigenvalue weighted by atomic mass is 10.2. The molecule has 1 saturated heterocycles. The first-order valence-corrected chi connectivity index (χ1v) is 3.18. The van der Waals surface area contributed by atoms with Crippen LogP contribution in [0.15, 0.2) is 0 Å². The lowest BCUT2D eigenvalue weighted by molar-refractivity contribution is -0.108. The normalized spacial score (nSPS) is 26.4. The van der Waals surface area contributed by atoms with Gasteiger partial charge in [-0.1, -0.05) is 0 Å². The molecule has 1 atom stereocenters. The summed E-state index contributed by atoms with van der Waals surface area (Å²) in [6, 6.07) is 0.412. The van der Waals surface area contributed by atoms with Crippen molar-refractivity contribution in [2.45, 2.75) is 18.9 Å². The SMILES string of the molecule is O=CCCC1COCN1. The summed E-state index contributed by atoms with van der Waals surface area (Å²) in [6.45, 7) is 1.40. The highest BCUT2D eigenvalue weighted by molar-refractivity contribution is 5.49. The fraction of sp³-hybridized carbons (Fsp3) is 0.833. The van der Waals surface area contributed by atoms with Crippen LogP contribution in [0, 0.1) is 0 Å². The number of hydrogen-bond acceptors (Lipinski definition) is 3. The van der Waals surface area contributed by atoms with Crippen molar-refractivity contribution in [1.29, 1.82) is 0 Å². The number of nitrogens with one attached hydrogen (secondary N) is 1. The molecule has 1 aliphatic heterocycles. The third-order valence-corrected chi connectivity index (χ3v) is 1.43. The maximum absolute atomic E-state index is 9.89. The van der Waals surface area contributed by atoms with E-state index < -0.39 is 0 Å². The molecule has 0 aromatic heterocycles. The molecule has 52 valence electrons. The van der Waals surface area contributed by atoms with Crippen molar-refractivity contribution >= 4 is 6.29 Å². The number of aldehydes is 1. The Balaban J connectivity index is 2.04. The van der Waals surface area contributed by atoms with Crippen LogP contribution >= 0.6 is 0 Å². The van der Waals surface area contributed by atoms with Crippen molar-refractivity contribution in [3.8, 4) is 0 Å². The van der Waals surface area contributed by atoms with Gasteiger partial charge in [-0.05, 0) is 6.42 Å². The minimum Gasteiger partial charge on any atom is -0.365 e. The topological polar surface area (TPSA) is 38.3 Å². The summed E-state index contributed by atoms with van der Waals surface area (Å²) in [5, 5.41) is 3.11. The summed E-state index contributed by atoms with van der Waals surface area (Å²) in [5.41, 5.74) is 0. The Kier molecular flexibility index (Phi) is 2.67. The molecule has 1 aliphatic rings. The maximum atomic E-state index is 9.89. The van der Waals surface area contributed by atoms with Crippen LogP contribution in [0.2, 0.25) is 0 Å². The molecule has 1 unspecified atom stereocenters. The van der Waals surface area contributed by atoms with Gasteiger partial charge in [0.25, 0.3) is 0 Å². The Labute approximate surface area is 54.4 Å². The van der Waals surface area contributed by atoms with Gasteiger partial charge in [0.1, 0.15) is 6.29 Å². The molecule has 0 radical (unpaired) electrons. The molecule has 0 bridgehead atoms. The van der Waals surface area contributed by atoms with Gasteiger partial charge in [0.05, 0.1) is 13.3 Å². The van der Waals surface area contributed by atoms with E-state index in [1.165, 1.54) is 0 Å². The molecule has 1 N–H and O–H groups in total. The first-order valence-electron chi connectivity index (χ1n) is 3.18. The number of ether oxygens (including phenoxy) is 1. The first kappa shape index (κ1) is 6.71. The molecule has 3 nitrogen and oxygen atoms in total. The molecule has 0 aliphatic carbocycles. The second-order valence-corrected chi connectivity index (χ2v) is 2.16. The Bertz CT molecular complexity index is 89.1. The van der Waals surface area contributed by atoms with Crippen LogP contribution in [0.25, 0.3) is 0 Å². The average Bonchev–Trinajstić information content (AvgIpc) is 2.34. The quantitative estimate of drug-likeness (QED) is 0.541. The second-order valence-electron chi connectivity index (χ2n) is 2.16. The Hall–Kier alpha value is -0.410. The van der Waals surface area contributed by atoms with Crippen molar-refractivity contribution in [3.05, 3.63) is 0 Å². The highest BCUT2D eigenvalue weighted by Gasteiger charge is 2.12. The van der Waals surface area contributed by atoms with Gasteiger partial charge in [0, 0.05) is 12.5 Å². The summed E-state index contributed by atoms with van der Waals surface area (Å²) < 4.78 is 5.03. The summed E-state index contributed by atoms with van der Waals surface area (Å²) in [4.78, 5) is 9.89. The second kappa shape index (κ2) is 3.58. The Morgan fingerprint density at radius 1 is 1.78 bits per heavy atom. The van der Waals surface area contributed by atoms with Crippen molar-refractivity contribution in [2.24, 2.45) is 0 Å². The molecular formula is C6H11NO2. The number of carbonyl (C=O) groups excluding carboxylic acids is 1. The van der Waals surface area contributed by atoms with Gasteiger partial charge in [-0.3, -0.25) is 5.32 Å². The smallest absolute Gasteiger partial charge is 0.120 e. The van der Waals surface area contributed by atoms with Crippen LogP contribution in [0.4, 0.5) is 0 Å². The molecule has 3 heteroatoms. The standard InChI is InChI=1S/C6H11NO2/c8-3-1-2-6-4-9-5-7-6/h3,6-7H,1-2,4-5H2. The predicted molar refractivity (Wildman–Crippen MR) is 33.0 cm³/mol. The summed E-state index contributed by atoms with van der Waals surface area (Å²) in [7, 11) is 0. The monoisotopic (exact) mass is 129 g/mol. The van der Waals surface area contributed by atoms with Crippen LogP contribution in [-0.4, -0.2) is 25.7 Å². The molecule has 0 spiro atoms. The zero-order chi connectivity index (χ0) is 6.53. The fourth-order valence-electron chi connectivity index (χ4n) is 0.892. The van der Waals surface area contributed by atoms with Gasteiger partial charge < -0.3 is 9.53 Å². The van der Waals surface area contributed by atoms with Gasteiger partial charge in [-0.25, -0.2) is 0 Å². The van der Waals surface area contributed by atoms with Gasteiger partial charge in [-0.2, -0.15) is 0 Å². The van der Waals surface area contributed by atoms with Crippen molar-refractivity contribution in [3.63, 3.8) is 0 Å². The van der Waals surface area contributed by atoms with E-state index in [1.54, 1.807) is 0 Å². The largest absolute Gasteiger partial charge is 0.365 e. The van der Waals surface area contributed by atoms with E-state index in [1.807, 2.05) is 0 Å². The maximum Gasteiger partial charge on any atom is 0.120 e. The summed E-state index contributed by atoms with van der Waals surface area (Å²) >= 11 is 0. The molecule has 1 rings (SSSR count). The third-order valence-electron chi connectivity index (χ3n) is 1.43. The van der Waals surface area contributed by atoms with Crippen molar-refractivity contribution in [1.82, 2.24) is 5.32 Å². The van der Waals surface area contributed by atoms with Crippen LogP contribution in [0.1, 0.15) is 12.8 Å². The van der Waals surface area contributed by atoms with E-state index in [9.17, 15) is 4.79 Å². The van der Waals surface area contributed by atoms with Gasteiger partial charge >= 0.3 is 0 Å². The zero-order valence-corrected chi connectivity index (χ0v) is 5.30. The first-order chi connectivity index (χ1) is 4.43. The minimum atomic E-state index is 0.412. The number of hydrogen-bond donors (Lipinski definition) is 1. The predicted octanol–water partition coefficient (Wildman–Crippen LogP) is -0.0886. The Morgan fingerprint density at radius 2 is 2.67 bits per heavy atom. The van der Waals surface area contributed by atoms with Crippen molar-refractivity contribution < 1.29 is 9.53 Å². The van der Waals surface area contributed by atoms with Gasteiger partial charge in [0.2, 0.25) is 0 Å². The van der Waals surface area contributed by atoms with Crippen LogP contribution in [-0.2, 0) is 9.53 Å². The van der Waals surface area contributed by atoms with Gasteiger partial charge in [0.15, 0.2) is 0 Å². The molecule has 9 heavy (non-hydrogen) atoms. The fourth-order valence-corrected chi connectivity index (χ4v) is 0.892. The molecule has 1 heterocycles. The molecule has 0 aromatic carbocycles. The zero-order valence-electron chi connectivity index (χ0n) is 5.30. The highest BCUT2D eigenvalue weighted by atomic mass is 16.5. The lowest BCUT2D eigenvalue weighted by Gasteiger charge is -2.02. The van der Waals surface area contributed by atoms with E-state index >= 15 is 0 Å². The van der Waals surface area contributed by atoms with E-state index in [4.69, 9.17) is 4.74 Å². The molecule has 0 aromatic rings. The van der Waals surface area contributed by atoms with E-state index in [0.717, 1.165) is 19.3 Å².